The second kappa shape index (κ2) is 6.69. The van der Waals surface area contributed by atoms with E-state index < -0.39 is 5.41 Å². The summed E-state index contributed by atoms with van der Waals surface area (Å²) >= 11 is 0. The largest absolute Gasteiger partial charge is 0.497 e. The number of rotatable bonds is 5. The van der Waals surface area contributed by atoms with Crippen molar-refractivity contribution in [2.75, 3.05) is 19.5 Å². The first-order valence-electron chi connectivity index (χ1n) is 7.18. The highest BCUT2D eigenvalue weighted by Crippen LogP contribution is 2.31. The second-order valence-electron chi connectivity index (χ2n) is 5.65. The molecule has 0 radical (unpaired) electrons. The molecule has 0 aliphatic heterocycles. The van der Waals surface area contributed by atoms with Gasteiger partial charge in [0.25, 0.3) is 0 Å². The molecule has 2 aromatic rings. The quantitative estimate of drug-likeness (QED) is 0.913. The van der Waals surface area contributed by atoms with Crippen LogP contribution < -0.4 is 14.8 Å². The number of halogens is 1. The summed E-state index contributed by atoms with van der Waals surface area (Å²) in [5, 5.41) is 2.85. The molecule has 0 bridgehead atoms. The van der Waals surface area contributed by atoms with Gasteiger partial charge in [0, 0.05) is 6.07 Å². The van der Waals surface area contributed by atoms with Crippen LogP contribution in [-0.2, 0) is 10.2 Å². The average Bonchev–Trinajstić information content (AvgIpc) is 2.55. The summed E-state index contributed by atoms with van der Waals surface area (Å²) in [6, 6.07) is 11.1. The Morgan fingerprint density at radius 3 is 2.26 bits per heavy atom. The number of amides is 1. The van der Waals surface area contributed by atoms with E-state index in [2.05, 4.69) is 5.32 Å². The van der Waals surface area contributed by atoms with Crippen molar-refractivity contribution < 1.29 is 18.7 Å². The molecule has 0 unspecified atom stereocenters. The number of hydrogen-bond acceptors (Lipinski definition) is 3. The van der Waals surface area contributed by atoms with E-state index in [0.29, 0.717) is 17.2 Å². The zero-order valence-corrected chi connectivity index (χ0v) is 13.6. The monoisotopic (exact) mass is 317 g/mol. The number of ether oxygens (including phenoxy) is 2. The number of benzene rings is 2. The Labute approximate surface area is 135 Å². The maximum absolute atomic E-state index is 13.1. The summed E-state index contributed by atoms with van der Waals surface area (Å²) < 4.78 is 23.5. The average molecular weight is 317 g/mol. The molecule has 0 fully saturated rings. The molecule has 122 valence electrons. The van der Waals surface area contributed by atoms with E-state index in [-0.39, 0.29) is 11.7 Å². The maximum Gasteiger partial charge on any atom is 0.234 e. The van der Waals surface area contributed by atoms with Gasteiger partial charge < -0.3 is 14.8 Å². The first-order valence-corrected chi connectivity index (χ1v) is 7.18. The molecule has 0 atom stereocenters. The van der Waals surface area contributed by atoms with E-state index in [1.807, 2.05) is 0 Å². The van der Waals surface area contributed by atoms with E-state index in [4.69, 9.17) is 9.47 Å². The Kier molecular flexibility index (Phi) is 4.89. The molecular weight excluding hydrogens is 297 g/mol. The van der Waals surface area contributed by atoms with Crippen LogP contribution in [0.25, 0.3) is 0 Å². The van der Waals surface area contributed by atoms with E-state index in [1.165, 1.54) is 19.2 Å². The highest BCUT2D eigenvalue weighted by molar-refractivity contribution is 5.99. The lowest BCUT2D eigenvalue weighted by molar-refractivity contribution is -0.120. The van der Waals surface area contributed by atoms with Gasteiger partial charge in [-0.05, 0) is 43.7 Å². The van der Waals surface area contributed by atoms with E-state index in [0.717, 1.165) is 5.56 Å². The fourth-order valence-electron chi connectivity index (χ4n) is 2.18. The lowest BCUT2D eigenvalue weighted by atomic mass is 9.83. The van der Waals surface area contributed by atoms with Crippen molar-refractivity contribution in [1.82, 2.24) is 0 Å². The fraction of sp³-hybridized carbons (Fsp3) is 0.278. The van der Waals surface area contributed by atoms with Crippen molar-refractivity contribution >= 4 is 11.6 Å². The van der Waals surface area contributed by atoms with Gasteiger partial charge >= 0.3 is 0 Å². The van der Waals surface area contributed by atoms with Crippen molar-refractivity contribution in [2.45, 2.75) is 19.3 Å². The van der Waals surface area contributed by atoms with Gasteiger partial charge in [0.1, 0.15) is 17.3 Å². The van der Waals surface area contributed by atoms with Crippen LogP contribution in [0.4, 0.5) is 10.1 Å². The molecule has 23 heavy (non-hydrogen) atoms. The summed E-state index contributed by atoms with van der Waals surface area (Å²) in [5.74, 6) is 0.597. The summed E-state index contributed by atoms with van der Waals surface area (Å²) in [7, 11) is 3.08. The molecule has 1 N–H and O–H groups in total. The Hall–Kier alpha value is -2.56. The summed E-state index contributed by atoms with van der Waals surface area (Å²) in [5.41, 5.74) is 0.455. The minimum atomic E-state index is -0.821. The van der Waals surface area contributed by atoms with Crippen molar-refractivity contribution in [1.29, 1.82) is 0 Å². The Bertz CT molecular complexity index is 696. The highest BCUT2D eigenvalue weighted by atomic mass is 19.1. The predicted octanol–water partition coefficient (Wildman–Crippen LogP) is 3.76. The zero-order valence-electron chi connectivity index (χ0n) is 13.6. The van der Waals surface area contributed by atoms with Gasteiger partial charge in [0.15, 0.2) is 0 Å². The molecular formula is C18H20FNO3. The van der Waals surface area contributed by atoms with Crippen LogP contribution in [0, 0.1) is 5.82 Å². The van der Waals surface area contributed by atoms with E-state index in [1.54, 1.807) is 51.3 Å². The minimum absolute atomic E-state index is 0.215. The zero-order chi connectivity index (χ0) is 17.0. The first kappa shape index (κ1) is 16.8. The van der Waals surface area contributed by atoms with Crippen LogP contribution in [0.2, 0.25) is 0 Å². The molecule has 4 nitrogen and oxygen atoms in total. The van der Waals surface area contributed by atoms with Crippen LogP contribution in [0.5, 0.6) is 11.5 Å². The van der Waals surface area contributed by atoms with Crippen molar-refractivity contribution in [3.05, 3.63) is 53.8 Å². The van der Waals surface area contributed by atoms with Gasteiger partial charge in [-0.2, -0.15) is 0 Å². The molecule has 0 aromatic heterocycles. The van der Waals surface area contributed by atoms with Crippen molar-refractivity contribution in [2.24, 2.45) is 0 Å². The number of nitrogens with one attached hydrogen (secondary N) is 1. The van der Waals surface area contributed by atoms with Gasteiger partial charge in [-0.3, -0.25) is 4.79 Å². The molecule has 0 saturated carbocycles. The number of carbonyl (C=O) groups is 1. The normalized spacial score (nSPS) is 11.0. The maximum atomic E-state index is 13.1. The summed E-state index contributed by atoms with van der Waals surface area (Å²) in [6.07, 6.45) is 0. The summed E-state index contributed by atoms with van der Waals surface area (Å²) in [4.78, 5) is 12.7. The Balaban J connectivity index is 2.25. The third kappa shape index (κ3) is 3.62. The molecule has 0 heterocycles. The van der Waals surface area contributed by atoms with Gasteiger partial charge in [-0.15, -0.1) is 0 Å². The number of methoxy groups -OCH3 is 2. The van der Waals surface area contributed by atoms with Crippen LogP contribution in [0.3, 0.4) is 0 Å². The lowest BCUT2D eigenvalue weighted by Gasteiger charge is -2.25. The molecule has 1 amide bonds. The SMILES string of the molecule is COc1ccc(NC(=O)C(C)(C)c2ccc(F)cc2)c(OC)c1. The lowest BCUT2D eigenvalue weighted by Crippen LogP contribution is -2.34. The molecule has 5 heteroatoms. The molecule has 0 saturated heterocycles. The van der Waals surface area contributed by atoms with Crippen LogP contribution in [0.15, 0.2) is 42.5 Å². The van der Waals surface area contributed by atoms with Gasteiger partial charge in [-0.1, -0.05) is 12.1 Å². The van der Waals surface area contributed by atoms with Crippen LogP contribution >= 0.6 is 0 Å². The van der Waals surface area contributed by atoms with Crippen LogP contribution in [0.1, 0.15) is 19.4 Å². The fourth-order valence-corrected chi connectivity index (χ4v) is 2.18. The number of anilines is 1. The third-order valence-corrected chi connectivity index (χ3v) is 3.79. The van der Waals surface area contributed by atoms with E-state index in [9.17, 15) is 9.18 Å². The highest BCUT2D eigenvalue weighted by Gasteiger charge is 2.30. The van der Waals surface area contributed by atoms with E-state index >= 15 is 0 Å². The first-order chi connectivity index (χ1) is 10.9. The standard InChI is InChI=1S/C18H20FNO3/c1-18(2,12-5-7-13(19)8-6-12)17(21)20-15-10-9-14(22-3)11-16(15)23-4/h5-11H,1-4H3,(H,20,21). The summed E-state index contributed by atoms with van der Waals surface area (Å²) in [6.45, 7) is 3.57. The minimum Gasteiger partial charge on any atom is -0.497 e. The Morgan fingerprint density at radius 2 is 1.70 bits per heavy atom. The van der Waals surface area contributed by atoms with Gasteiger partial charge in [-0.25, -0.2) is 4.39 Å². The topological polar surface area (TPSA) is 47.6 Å². The van der Waals surface area contributed by atoms with Crippen molar-refractivity contribution in [3.63, 3.8) is 0 Å². The van der Waals surface area contributed by atoms with Gasteiger partial charge in [0.2, 0.25) is 5.91 Å². The molecule has 0 spiro atoms. The molecule has 2 aromatic carbocycles. The Morgan fingerprint density at radius 1 is 1.04 bits per heavy atom. The van der Waals surface area contributed by atoms with Gasteiger partial charge in [0.05, 0.1) is 25.3 Å². The number of hydrogen-bond donors (Lipinski definition) is 1. The van der Waals surface area contributed by atoms with Crippen molar-refractivity contribution in [3.8, 4) is 11.5 Å². The van der Waals surface area contributed by atoms with Crippen LogP contribution in [-0.4, -0.2) is 20.1 Å². The molecule has 0 aliphatic carbocycles. The molecule has 2 rings (SSSR count). The third-order valence-electron chi connectivity index (χ3n) is 3.79. The smallest absolute Gasteiger partial charge is 0.234 e. The number of carbonyl (C=O) groups excluding carboxylic acids is 1. The molecule has 0 aliphatic rings. The predicted molar refractivity (Wildman–Crippen MR) is 87.6 cm³/mol. The second-order valence-corrected chi connectivity index (χ2v) is 5.65.